The molecule has 10 nitrogen and oxygen atoms in total. The number of carbonyl (C=O) groups is 3. The van der Waals surface area contributed by atoms with Crippen molar-refractivity contribution in [2.45, 2.75) is 264 Å². The van der Waals surface area contributed by atoms with E-state index in [2.05, 4.69) is 35.1 Å². The summed E-state index contributed by atoms with van der Waals surface area (Å²) >= 11 is 0. The highest BCUT2D eigenvalue weighted by atomic mass is 16.4. The van der Waals surface area contributed by atoms with E-state index in [4.69, 9.17) is 5.73 Å². The second-order valence-electron chi connectivity index (χ2n) is 18.9. The molecule has 7 N–H and O–H groups in total. The molecule has 0 aromatic carbocycles. The van der Waals surface area contributed by atoms with E-state index in [9.17, 15) is 19.5 Å². The molecule has 0 aromatic rings. The molecule has 0 aliphatic rings. The van der Waals surface area contributed by atoms with Gasteiger partial charge in [0, 0.05) is 19.5 Å². The van der Waals surface area contributed by atoms with E-state index in [1.807, 2.05) is 4.90 Å². The minimum absolute atomic E-state index is 0.112. The number of carboxylic acids is 1. The number of carboxylic acid groups (broad SMARTS) is 1. The molecule has 0 aromatic heterocycles. The summed E-state index contributed by atoms with van der Waals surface area (Å²) in [5.74, 6) is -1.32. The Morgan fingerprint density at radius 1 is 0.444 bits per heavy atom. The predicted octanol–water partition coefficient (Wildman–Crippen LogP) is 12.0. The van der Waals surface area contributed by atoms with Crippen LogP contribution in [0.1, 0.15) is 258 Å². The number of hydrogen-bond donors (Lipinski definition) is 6. The largest absolute Gasteiger partial charge is 0.481 e. The Balaban J connectivity index is 4.71. The van der Waals surface area contributed by atoms with Crippen LogP contribution in [0.2, 0.25) is 0 Å². The first-order chi connectivity index (χ1) is 31.0. The molecular weight excluding hydrogens is 785 g/mol. The Hall–Kier alpha value is -1.75. The molecular formula is C53H108N6O4. The zero-order valence-electron chi connectivity index (χ0n) is 42.0. The Morgan fingerprint density at radius 2 is 0.778 bits per heavy atom. The van der Waals surface area contributed by atoms with Gasteiger partial charge in [0.2, 0.25) is 11.8 Å². The molecule has 10 heteroatoms. The highest BCUT2D eigenvalue weighted by Crippen LogP contribution is 2.17. The summed E-state index contributed by atoms with van der Waals surface area (Å²) in [4.78, 5) is 40.6. The van der Waals surface area contributed by atoms with Crippen molar-refractivity contribution in [2.75, 3.05) is 58.9 Å². The molecule has 374 valence electrons. The van der Waals surface area contributed by atoms with Crippen molar-refractivity contribution in [2.24, 2.45) is 5.73 Å². The highest BCUT2D eigenvalue weighted by molar-refractivity contribution is 5.88. The van der Waals surface area contributed by atoms with Crippen molar-refractivity contribution < 1.29 is 19.5 Å². The maximum absolute atomic E-state index is 14.0. The van der Waals surface area contributed by atoms with Crippen LogP contribution in [0.25, 0.3) is 0 Å². The fourth-order valence-corrected chi connectivity index (χ4v) is 8.54. The first-order valence-electron chi connectivity index (χ1n) is 27.6. The van der Waals surface area contributed by atoms with E-state index in [1.165, 1.54) is 180 Å². The number of nitrogens with two attached hydrogens (primary N) is 1. The smallest absolute Gasteiger partial charge is 0.303 e. The molecule has 0 aliphatic carbocycles. The van der Waals surface area contributed by atoms with E-state index < -0.39 is 12.0 Å². The van der Waals surface area contributed by atoms with E-state index in [0.717, 1.165) is 84.1 Å². The second kappa shape index (κ2) is 51.2. The lowest BCUT2D eigenvalue weighted by Gasteiger charge is -2.28. The summed E-state index contributed by atoms with van der Waals surface area (Å²) in [5, 5.41) is 22.5. The van der Waals surface area contributed by atoms with Gasteiger partial charge in [-0.2, -0.15) is 0 Å². The Bertz CT molecular complexity index is 936. The fraction of sp³-hybridized carbons (Fsp3) is 0.943. The summed E-state index contributed by atoms with van der Waals surface area (Å²) in [6.07, 6.45) is 46.0. The van der Waals surface area contributed by atoms with Crippen LogP contribution >= 0.6 is 0 Å². The van der Waals surface area contributed by atoms with Gasteiger partial charge in [0.15, 0.2) is 0 Å². The summed E-state index contributed by atoms with van der Waals surface area (Å²) in [7, 11) is 0. The van der Waals surface area contributed by atoms with Gasteiger partial charge in [0.05, 0.1) is 6.54 Å². The van der Waals surface area contributed by atoms with Crippen molar-refractivity contribution >= 4 is 17.8 Å². The zero-order valence-corrected chi connectivity index (χ0v) is 42.0. The van der Waals surface area contributed by atoms with Gasteiger partial charge in [0.25, 0.3) is 0 Å². The molecule has 1 atom stereocenters. The maximum Gasteiger partial charge on any atom is 0.303 e. The van der Waals surface area contributed by atoms with Crippen LogP contribution in [-0.4, -0.2) is 92.7 Å². The van der Waals surface area contributed by atoms with Gasteiger partial charge in [-0.3, -0.25) is 14.4 Å². The molecule has 0 rings (SSSR count). The minimum atomic E-state index is -0.947. The van der Waals surface area contributed by atoms with Crippen LogP contribution < -0.4 is 27.0 Å². The number of aliphatic carboxylic acids is 1. The average molecular weight is 893 g/mol. The van der Waals surface area contributed by atoms with Crippen LogP contribution in [0.5, 0.6) is 0 Å². The standard InChI is InChI=1S/C53H108N6O4/c1-3-5-7-9-11-13-15-17-19-21-23-25-27-29-31-35-47-59(48-36-32-30-28-26-24-22-20-18-16-14-12-10-8-6-4-2)53(63)50(39-40-52(61)62)58-51(60)49-57-46-38-45-56-43-34-33-42-55-44-37-41-54/h50,55-57H,3-49,54H2,1-2H3,(H,58,60)(H,61,62)/t50-/m0/s1. The third-order valence-corrected chi connectivity index (χ3v) is 12.7. The number of nitrogens with zero attached hydrogens (tertiary/aromatic N) is 1. The van der Waals surface area contributed by atoms with E-state index in [0.29, 0.717) is 19.6 Å². The summed E-state index contributed by atoms with van der Waals surface area (Å²) < 4.78 is 0. The third kappa shape index (κ3) is 46.6. The SMILES string of the molecule is CCCCCCCCCCCCCCCCCCN(CCCCCCCCCCCCCCCCCC)C(=O)[C@H](CCC(=O)O)NC(=O)CNCCCNCCCCNCCCN. The van der Waals surface area contributed by atoms with Gasteiger partial charge in [-0.1, -0.05) is 206 Å². The molecule has 0 saturated carbocycles. The molecule has 0 radical (unpaired) electrons. The van der Waals surface area contributed by atoms with Gasteiger partial charge in [0.1, 0.15) is 6.04 Å². The van der Waals surface area contributed by atoms with E-state index >= 15 is 0 Å². The maximum atomic E-state index is 14.0. The lowest BCUT2D eigenvalue weighted by molar-refractivity contribution is -0.139. The number of amides is 2. The summed E-state index contributed by atoms with van der Waals surface area (Å²) in [6, 6.07) is -0.816. The highest BCUT2D eigenvalue weighted by Gasteiger charge is 2.26. The van der Waals surface area contributed by atoms with Crippen LogP contribution in [0.4, 0.5) is 0 Å². The molecule has 0 fully saturated rings. The van der Waals surface area contributed by atoms with E-state index in [1.54, 1.807) is 0 Å². The predicted molar refractivity (Wildman–Crippen MR) is 271 cm³/mol. The molecule has 0 unspecified atom stereocenters. The second-order valence-corrected chi connectivity index (χ2v) is 18.9. The number of rotatable bonds is 53. The van der Waals surface area contributed by atoms with Crippen molar-refractivity contribution in [3.63, 3.8) is 0 Å². The van der Waals surface area contributed by atoms with Gasteiger partial charge >= 0.3 is 5.97 Å². The summed E-state index contributed by atoms with van der Waals surface area (Å²) in [6.45, 7) is 11.3. The van der Waals surface area contributed by atoms with Crippen molar-refractivity contribution in [1.82, 2.24) is 26.2 Å². The Morgan fingerprint density at radius 3 is 1.14 bits per heavy atom. The Labute approximate surface area is 390 Å². The number of unbranched alkanes of at least 4 members (excludes halogenated alkanes) is 31. The van der Waals surface area contributed by atoms with Gasteiger partial charge in [-0.05, 0) is 84.2 Å². The molecule has 0 heterocycles. The number of nitrogens with one attached hydrogen (secondary N) is 4. The number of hydrogen-bond acceptors (Lipinski definition) is 7. The molecule has 63 heavy (non-hydrogen) atoms. The topological polar surface area (TPSA) is 149 Å². The zero-order chi connectivity index (χ0) is 45.9. The first-order valence-corrected chi connectivity index (χ1v) is 27.6. The molecule has 0 spiro atoms. The average Bonchev–Trinajstić information content (AvgIpc) is 3.28. The lowest BCUT2D eigenvalue weighted by Crippen LogP contribution is -2.51. The normalized spacial score (nSPS) is 11.9. The quantitative estimate of drug-likeness (QED) is 0.0331. The van der Waals surface area contributed by atoms with Gasteiger partial charge in [-0.15, -0.1) is 0 Å². The lowest BCUT2D eigenvalue weighted by atomic mass is 10.0. The fourth-order valence-electron chi connectivity index (χ4n) is 8.54. The van der Waals surface area contributed by atoms with Crippen LogP contribution in [0, 0.1) is 0 Å². The molecule has 2 amide bonds. The monoisotopic (exact) mass is 893 g/mol. The van der Waals surface area contributed by atoms with Crippen molar-refractivity contribution in [3.8, 4) is 0 Å². The first kappa shape index (κ1) is 61.2. The van der Waals surface area contributed by atoms with Gasteiger partial charge in [-0.25, -0.2) is 0 Å². The minimum Gasteiger partial charge on any atom is -0.481 e. The Kier molecular flexibility index (Phi) is 49.8. The van der Waals surface area contributed by atoms with Crippen molar-refractivity contribution in [3.05, 3.63) is 0 Å². The molecule has 0 saturated heterocycles. The molecule has 0 aliphatic heterocycles. The van der Waals surface area contributed by atoms with Crippen LogP contribution in [-0.2, 0) is 14.4 Å². The van der Waals surface area contributed by atoms with Crippen LogP contribution in [0.15, 0.2) is 0 Å². The summed E-state index contributed by atoms with van der Waals surface area (Å²) in [5.41, 5.74) is 5.53. The molecule has 0 bridgehead atoms. The van der Waals surface area contributed by atoms with E-state index in [-0.39, 0.29) is 31.2 Å². The third-order valence-electron chi connectivity index (χ3n) is 12.7. The number of carbonyl (C=O) groups excluding carboxylic acids is 2. The van der Waals surface area contributed by atoms with Crippen LogP contribution in [0.3, 0.4) is 0 Å². The van der Waals surface area contributed by atoms with Gasteiger partial charge < -0.3 is 37.0 Å². The van der Waals surface area contributed by atoms with Crippen molar-refractivity contribution in [1.29, 1.82) is 0 Å².